The fraction of sp³-hybridized carbons (Fsp3) is 0.100. The molecule has 1 saturated heterocycles. The molecule has 0 aliphatic carbocycles. The Bertz CT molecular complexity index is 1010. The first-order valence-electron chi connectivity index (χ1n) is 7.94. The van der Waals surface area contributed by atoms with E-state index in [0.717, 1.165) is 29.4 Å². The fourth-order valence-electron chi connectivity index (χ4n) is 2.50. The highest BCUT2D eigenvalue weighted by molar-refractivity contribution is 14.1. The van der Waals surface area contributed by atoms with Gasteiger partial charge in [0.2, 0.25) is 0 Å². The second-order valence-electron chi connectivity index (χ2n) is 5.67. The van der Waals surface area contributed by atoms with Crippen molar-refractivity contribution >= 4 is 74.2 Å². The molecule has 2 amide bonds. The molecule has 1 fully saturated rings. The molecule has 1 aliphatic heterocycles. The molecule has 0 atom stereocenters. The van der Waals surface area contributed by atoms with Crippen molar-refractivity contribution in [2.45, 2.75) is 6.54 Å². The molecule has 28 heavy (non-hydrogen) atoms. The number of hydrogen-bond donors (Lipinski definition) is 0. The van der Waals surface area contributed by atoms with E-state index in [1.165, 1.54) is 6.07 Å². The summed E-state index contributed by atoms with van der Waals surface area (Å²) >= 11 is 5.11. The number of thioether (sulfide) groups is 1. The standard InChI is InChI=1S/C20H12FI2NO3S/c1-2-7-27-18-15(22)8-12(9-16(18)23)10-17-19(25)24(20(26)28-17)11-13-5-3-4-6-14(13)21/h1,3-6,8-10H,7,11H2/b17-10-. The summed E-state index contributed by atoms with van der Waals surface area (Å²) in [6, 6.07) is 9.78. The first-order valence-corrected chi connectivity index (χ1v) is 10.9. The Morgan fingerprint density at radius 1 is 1.21 bits per heavy atom. The van der Waals surface area contributed by atoms with Crippen LogP contribution in [-0.4, -0.2) is 22.7 Å². The van der Waals surface area contributed by atoms with E-state index in [1.54, 1.807) is 24.3 Å². The summed E-state index contributed by atoms with van der Waals surface area (Å²) in [5.74, 6) is 2.23. The average molecular weight is 619 g/mol. The monoisotopic (exact) mass is 619 g/mol. The molecule has 2 aromatic carbocycles. The molecule has 0 radical (unpaired) electrons. The Kier molecular flexibility index (Phi) is 7.00. The van der Waals surface area contributed by atoms with E-state index in [-0.39, 0.29) is 13.2 Å². The van der Waals surface area contributed by atoms with Crippen molar-refractivity contribution in [1.82, 2.24) is 4.90 Å². The largest absolute Gasteiger partial charge is 0.479 e. The van der Waals surface area contributed by atoms with Gasteiger partial charge in [0.25, 0.3) is 11.1 Å². The molecule has 3 rings (SSSR count). The topological polar surface area (TPSA) is 46.6 Å². The van der Waals surface area contributed by atoms with Gasteiger partial charge in [-0.3, -0.25) is 14.5 Å². The molecular weight excluding hydrogens is 607 g/mol. The molecule has 4 nitrogen and oxygen atoms in total. The molecule has 0 bridgehead atoms. The summed E-state index contributed by atoms with van der Waals surface area (Å²) in [5.41, 5.74) is 1.06. The minimum absolute atomic E-state index is 0.0946. The third-order valence-electron chi connectivity index (χ3n) is 3.78. The molecule has 142 valence electrons. The average Bonchev–Trinajstić information content (AvgIpc) is 2.90. The Hall–Kier alpha value is -1.58. The Morgan fingerprint density at radius 2 is 1.89 bits per heavy atom. The van der Waals surface area contributed by atoms with Crippen molar-refractivity contribution < 1.29 is 18.7 Å². The lowest BCUT2D eigenvalue weighted by Crippen LogP contribution is -2.27. The minimum atomic E-state index is -0.447. The number of carbonyl (C=O) groups is 2. The van der Waals surface area contributed by atoms with Crippen molar-refractivity contribution in [2.24, 2.45) is 0 Å². The molecule has 1 aliphatic rings. The summed E-state index contributed by atoms with van der Waals surface area (Å²) in [6.45, 7) is 0.0723. The molecule has 0 unspecified atom stereocenters. The molecule has 0 N–H and O–H groups in total. The smallest absolute Gasteiger partial charge is 0.293 e. The second kappa shape index (κ2) is 9.28. The Balaban J connectivity index is 1.84. The summed E-state index contributed by atoms with van der Waals surface area (Å²) in [5, 5.41) is -0.419. The zero-order valence-electron chi connectivity index (χ0n) is 14.2. The van der Waals surface area contributed by atoms with Gasteiger partial charge in [0, 0.05) is 5.56 Å². The van der Waals surface area contributed by atoms with Crippen molar-refractivity contribution in [2.75, 3.05) is 6.61 Å². The van der Waals surface area contributed by atoms with E-state index in [0.29, 0.717) is 16.2 Å². The van der Waals surface area contributed by atoms with E-state index >= 15 is 0 Å². The van der Waals surface area contributed by atoms with Crippen molar-refractivity contribution in [3.63, 3.8) is 0 Å². The van der Waals surface area contributed by atoms with Crippen LogP contribution in [0.15, 0.2) is 41.3 Å². The minimum Gasteiger partial charge on any atom is -0.479 e. The lowest BCUT2D eigenvalue weighted by molar-refractivity contribution is -0.123. The quantitative estimate of drug-likeness (QED) is 0.260. The van der Waals surface area contributed by atoms with Crippen LogP contribution in [0.2, 0.25) is 0 Å². The van der Waals surface area contributed by atoms with E-state index in [2.05, 4.69) is 51.1 Å². The normalized spacial score (nSPS) is 15.2. The van der Waals surface area contributed by atoms with Gasteiger partial charge >= 0.3 is 0 Å². The van der Waals surface area contributed by atoms with E-state index in [9.17, 15) is 14.0 Å². The lowest BCUT2D eigenvalue weighted by atomic mass is 10.2. The van der Waals surface area contributed by atoms with Gasteiger partial charge in [-0.05, 0) is 86.8 Å². The molecular formula is C20H12FI2NO3S. The number of amides is 2. The van der Waals surface area contributed by atoms with E-state index < -0.39 is 17.0 Å². The highest BCUT2D eigenvalue weighted by atomic mass is 127. The van der Waals surface area contributed by atoms with Crippen LogP contribution in [0.1, 0.15) is 11.1 Å². The van der Waals surface area contributed by atoms with Crippen LogP contribution in [0.25, 0.3) is 6.08 Å². The van der Waals surface area contributed by atoms with E-state index in [4.69, 9.17) is 11.2 Å². The SMILES string of the molecule is C#CCOc1c(I)cc(/C=C2\SC(=O)N(Cc3ccccc3F)C2=O)cc1I. The van der Waals surface area contributed by atoms with Gasteiger partial charge in [0.1, 0.15) is 18.2 Å². The number of halogens is 3. The zero-order chi connectivity index (χ0) is 20.3. The van der Waals surface area contributed by atoms with Gasteiger partial charge in [-0.2, -0.15) is 0 Å². The van der Waals surface area contributed by atoms with Gasteiger partial charge < -0.3 is 4.74 Å². The van der Waals surface area contributed by atoms with Crippen LogP contribution in [0.3, 0.4) is 0 Å². The number of terminal acetylenes is 1. The second-order valence-corrected chi connectivity index (χ2v) is 8.98. The number of benzene rings is 2. The number of rotatable bonds is 5. The number of nitrogens with zero attached hydrogens (tertiary/aromatic N) is 1. The third-order valence-corrected chi connectivity index (χ3v) is 6.29. The van der Waals surface area contributed by atoms with Gasteiger partial charge in [-0.25, -0.2) is 4.39 Å². The predicted molar refractivity (Wildman–Crippen MR) is 124 cm³/mol. The molecule has 0 spiro atoms. The van der Waals surface area contributed by atoms with Gasteiger partial charge in [0.05, 0.1) is 18.6 Å². The van der Waals surface area contributed by atoms with Crippen LogP contribution in [-0.2, 0) is 11.3 Å². The number of carbonyl (C=O) groups excluding carboxylic acids is 2. The number of imide groups is 1. The highest BCUT2D eigenvalue weighted by Crippen LogP contribution is 2.35. The van der Waals surface area contributed by atoms with Crippen LogP contribution in [0.4, 0.5) is 9.18 Å². The highest BCUT2D eigenvalue weighted by Gasteiger charge is 2.35. The fourth-order valence-corrected chi connectivity index (χ4v) is 5.47. The van der Waals surface area contributed by atoms with Crippen LogP contribution >= 0.6 is 56.9 Å². The Labute approximate surface area is 193 Å². The van der Waals surface area contributed by atoms with Crippen LogP contribution in [0, 0.1) is 25.3 Å². The maximum Gasteiger partial charge on any atom is 0.293 e. The van der Waals surface area contributed by atoms with Gasteiger partial charge in [-0.1, -0.05) is 24.1 Å². The van der Waals surface area contributed by atoms with Gasteiger partial charge in [0.15, 0.2) is 0 Å². The first kappa shape index (κ1) is 21.1. The molecule has 0 aromatic heterocycles. The molecule has 0 saturated carbocycles. The third kappa shape index (κ3) is 4.69. The van der Waals surface area contributed by atoms with E-state index in [1.807, 2.05) is 12.1 Å². The summed E-state index contributed by atoms with van der Waals surface area (Å²) < 4.78 is 21.1. The summed E-state index contributed by atoms with van der Waals surface area (Å²) in [7, 11) is 0. The molecule has 8 heteroatoms. The maximum absolute atomic E-state index is 13.9. The number of hydrogen-bond acceptors (Lipinski definition) is 4. The first-order chi connectivity index (χ1) is 13.4. The Morgan fingerprint density at radius 3 is 2.54 bits per heavy atom. The number of ether oxygens (including phenoxy) is 1. The van der Waals surface area contributed by atoms with Crippen molar-refractivity contribution in [3.8, 4) is 18.1 Å². The van der Waals surface area contributed by atoms with Crippen molar-refractivity contribution in [1.29, 1.82) is 0 Å². The van der Waals surface area contributed by atoms with Crippen molar-refractivity contribution in [3.05, 3.63) is 65.4 Å². The summed E-state index contributed by atoms with van der Waals surface area (Å²) in [6.07, 6.45) is 6.89. The molecule has 1 heterocycles. The lowest BCUT2D eigenvalue weighted by Gasteiger charge is -2.13. The maximum atomic E-state index is 13.9. The molecule has 2 aromatic rings. The summed E-state index contributed by atoms with van der Waals surface area (Å²) in [4.78, 5) is 26.3. The van der Waals surface area contributed by atoms with Crippen LogP contribution < -0.4 is 4.74 Å². The van der Waals surface area contributed by atoms with Gasteiger partial charge in [-0.15, -0.1) is 6.42 Å². The van der Waals surface area contributed by atoms with Crippen LogP contribution in [0.5, 0.6) is 5.75 Å². The predicted octanol–water partition coefficient (Wildman–Crippen LogP) is 5.28. The zero-order valence-corrected chi connectivity index (χ0v) is 19.4.